The number of nitrogens with two attached hydrogens (primary N) is 1. The van der Waals surface area contributed by atoms with Crippen LogP contribution in [-0.4, -0.2) is 6.61 Å². The van der Waals surface area contributed by atoms with E-state index < -0.39 is 0 Å². The van der Waals surface area contributed by atoms with Crippen molar-refractivity contribution in [3.8, 4) is 5.75 Å². The van der Waals surface area contributed by atoms with Crippen molar-refractivity contribution in [2.75, 3.05) is 12.3 Å². The highest BCUT2D eigenvalue weighted by atomic mass is 79.9. The van der Waals surface area contributed by atoms with Crippen molar-refractivity contribution in [2.45, 2.75) is 25.7 Å². The summed E-state index contributed by atoms with van der Waals surface area (Å²) in [6.07, 6.45) is 4.97. The van der Waals surface area contributed by atoms with E-state index in [1.54, 1.807) is 0 Å². The van der Waals surface area contributed by atoms with Gasteiger partial charge < -0.3 is 10.5 Å². The average Bonchev–Trinajstić information content (AvgIpc) is 2.17. The molecular formula is C12H15BrFNO. The van der Waals surface area contributed by atoms with Crippen molar-refractivity contribution in [1.82, 2.24) is 0 Å². The fourth-order valence-corrected chi connectivity index (χ4v) is 2.15. The third kappa shape index (κ3) is 2.67. The van der Waals surface area contributed by atoms with Crippen LogP contribution in [0.1, 0.15) is 25.7 Å². The van der Waals surface area contributed by atoms with Crippen LogP contribution in [0.4, 0.5) is 10.1 Å². The fourth-order valence-electron chi connectivity index (χ4n) is 1.79. The third-order valence-corrected chi connectivity index (χ3v) is 3.67. The number of hydrogen-bond donors (Lipinski definition) is 1. The zero-order chi connectivity index (χ0) is 11.5. The largest absolute Gasteiger partial charge is 0.491 e. The van der Waals surface area contributed by atoms with Crippen LogP contribution in [0.3, 0.4) is 0 Å². The number of halogens is 2. The molecule has 1 saturated carbocycles. The van der Waals surface area contributed by atoms with Crippen molar-refractivity contribution >= 4 is 21.6 Å². The number of nitrogen functional groups attached to an aromatic ring is 1. The van der Waals surface area contributed by atoms with E-state index in [0.29, 0.717) is 22.5 Å². The van der Waals surface area contributed by atoms with Gasteiger partial charge in [0.05, 0.1) is 16.8 Å². The van der Waals surface area contributed by atoms with Gasteiger partial charge in [-0.1, -0.05) is 19.3 Å². The maximum absolute atomic E-state index is 13.2. The topological polar surface area (TPSA) is 35.2 Å². The fraction of sp³-hybridized carbons (Fsp3) is 0.500. The Balaban J connectivity index is 1.90. The van der Waals surface area contributed by atoms with Gasteiger partial charge in [-0.2, -0.15) is 0 Å². The maximum atomic E-state index is 13.2. The molecule has 0 aromatic heterocycles. The molecule has 0 heterocycles. The maximum Gasteiger partial charge on any atom is 0.145 e. The molecule has 0 radical (unpaired) electrons. The summed E-state index contributed by atoms with van der Waals surface area (Å²) >= 11 is 3.08. The molecule has 16 heavy (non-hydrogen) atoms. The normalized spacial score (nSPS) is 15.9. The molecule has 0 unspecified atom stereocenters. The molecule has 1 fully saturated rings. The summed E-state index contributed by atoms with van der Waals surface area (Å²) in [6, 6.07) is 2.87. The summed E-state index contributed by atoms with van der Waals surface area (Å²) in [6.45, 7) is 0.621. The molecule has 2 nitrogen and oxygen atoms in total. The lowest BCUT2D eigenvalue weighted by Gasteiger charge is -2.25. The van der Waals surface area contributed by atoms with E-state index in [-0.39, 0.29) is 5.82 Å². The van der Waals surface area contributed by atoms with Crippen LogP contribution < -0.4 is 10.5 Å². The monoisotopic (exact) mass is 287 g/mol. The summed E-state index contributed by atoms with van der Waals surface area (Å²) in [4.78, 5) is 0. The molecule has 0 bridgehead atoms. The molecular weight excluding hydrogens is 273 g/mol. The first-order valence-electron chi connectivity index (χ1n) is 5.54. The number of benzene rings is 1. The van der Waals surface area contributed by atoms with Crippen LogP contribution in [-0.2, 0) is 0 Å². The van der Waals surface area contributed by atoms with Gasteiger partial charge in [0.1, 0.15) is 11.6 Å². The Kier molecular flexibility index (Phi) is 3.69. The second kappa shape index (κ2) is 5.04. The van der Waals surface area contributed by atoms with E-state index in [4.69, 9.17) is 10.5 Å². The molecule has 1 aliphatic carbocycles. The first kappa shape index (κ1) is 11.7. The van der Waals surface area contributed by atoms with Gasteiger partial charge in [0.25, 0.3) is 0 Å². The molecule has 0 saturated heterocycles. The van der Waals surface area contributed by atoms with Gasteiger partial charge in [0.15, 0.2) is 0 Å². The van der Waals surface area contributed by atoms with Crippen LogP contribution in [0.15, 0.2) is 16.6 Å². The predicted octanol–water partition coefficient (Wildman–Crippen LogP) is 3.74. The van der Waals surface area contributed by atoms with E-state index in [2.05, 4.69) is 15.9 Å². The Morgan fingerprint density at radius 3 is 2.81 bits per heavy atom. The standard InChI is InChI=1S/C12H15BrFNO/c13-9-6-11(15)12(7-10(9)14)16-5-4-8-2-1-3-8/h6-8H,1-5,15H2. The van der Waals surface area contributed by atoms with Gasteiger partial charge in [-0.05, 0) is 34.3 Å². The molecule has 1 aromatic rings. The zero-order valence-corrected chi connectivity index (χ0v) is 10.6. The van der Waals surface area contributed by atoms with E-state index >= 15 is 0 Å². The van der Waals surface area contributed by atoms with Gasteiger partial charge in [-0.25, -0.2) is 4.39 Å². The van der Waals surface area contributed by atoms with Gasteiger partial charge >= 0.3 is 0 Å². The summed E-state index contributed by atoms with van der Waals surface area (Å²) in [5.41, 5.74) is 6.21. The minimum Gasteiger partial charge on any atom is -0.491 e. The van der Waals surface area contributed by atoms with Crippen molar-refractivity contribution in [1.29, 1.82) is 0 Å². The lowest BCUT2D eigenvalue weighted by atomic mass is 9.83. The Bertz CT molecular complexity index is 380. The van der Waals surface area contributed by atoms with Crippen LogP contribution in [0.2, 0.25) is 0 Å². The number of anilines is 1. The van der Waals surface area contributed by atoms with Crippen molar-refractivity contribution < 1.29 is 9.13 Å². The minimum absolute atomic E-state index is 0.340. The van der Waals surface area contributed by atoms with E-state index in [0.717, 1.165) is 12.3 Å². The van der Waals surface area contributed by atoms with Gasteiger partial charge in [0, 0.05) is 6.07 Å². The van der Waals surface area contributed by atoms with Gasteiger partial charge in [-0.15, -0.1) is 0 Å². The second-order valence-electron chi connectivity index (χ2n) is 4.24. The Hall–Kier alpha value is -0.770. The van der Waals surface area contributed by atoms with E-state index in [1.165, 1.54) is 31.4 Å². The summed E-state index contributed by atoms with van der Waals surface area (Å²) in [5, 5.41) is 0. The van der Waals surface area contributed by atoms with E-state index in [9.17, 15) is 4.39 Å². The van der Waals surface area contributed by atoms with Crippen molar-refractivity contribution in [3.63, 3.8) is 0 Å². The molecule has 2 rings (SSSR count). The van der Waals surface area contributed by atoms with Gasteiger partial charge in [-0.3, -0.25) is 0 Å². The highest BCUT2D eigenvalue weighted by Crippen LogP contribution is 2.31. The minimum atomic E-state index is -0.340. The Morgan fingerprint density at radius 1 is 1.44 bits per heavy atom. The summed E-state index contributed by atoms with van der Waals surface area (Å²) in [7, 11) is 0. The highest BCUT2D eigenvalue weighted by molar-refractivity contribution is 9.10. The third-order valence-electron chi connectivity index (χ3n) is 3.06. The van der Waals surface area contributed by atoms with E-state index in [1.807, 2.05) is 0 Å². The molecule has 0 aliphatic heterocycles. The predicted molar refractivity (Wildman–Crippen MR) is 66.0 cm³/mol. The van der Waals surface area contributed by atoms with Crippen molar-refractivity contribution in [2.24, 2.45) is 5.92 Å². The first-order chi connectivity index (χ1) is 7.66. The average molecular weight is 288 g/mol. The summed E-state index contributed by atoms with van der Waals surface area (Å²) < 4.78 is 19.1. The molecule has 1 aliphatic rings. The molecule has 88 valence electrons. The quantitative estimate of drug-likeness (QED) is 0.857. The van der Waals surface area contributed by atoms with Crippen molar-refractivity contribution in [3.05, 3.63) is 22.4 Å². The summed E-state index contributed by atoms with van der Waals surface area (Å²) in [5.74, 6) is 0.898. The molecule has 0 atom stereocenters. The Morgan fingerprint density at radius 2 is 2.19 bits per heavy atom. The second-order valence-corrected chi connectivity index (χ2v) is 5.09. The first-order valence-corrected chi connectivity index (χ1v) is 6.33. The lowest BCUT2D eigenvalue weighted by Crippen LogP contribution is -2.14. The molecule has 0 amide bonds. The van der Waals surface area contributed by atoms with Crippen LogP contribution in [0.5, 0.6) is 5.75 Å². The molecule has 2 N–H and O–H groups in total. The smallest absolute Gasteiger partial charge is 0.145 e. The SMILES string of the molecule is Nc1cc(Br)c(F)cc1OCCC1CCC1. The number of ether oxygens (including phenoxy) is 1. The lowest BCUT2D eigenvalue weighted by molar-refractivity contribution is 0.222. The van der Waals surface area contributed by atoms with Crippen LogP contribution >= 0.6 is 15.9 Å². The van der Waals surface area contributed by atoms with Gasteiger partial charge in [0.2, 0.25) is 0 Å². The van der Waals surface area contributed by atoms with Crippen LogP contribution in [0.25, 0.3) is 0 Å². The molecule has 0 spiro atoms. The Labute approximate surface area is 103 Å². The highest BCUT2D eigenvalue weighted by Gasteiger charge is 2.17. The number of rotatable bonds is 4. The zero-order valence-electron chi connectivity index (χ0n) is 9.01. The van der Waals surface area contributed by atoms with Crippen LogP contribution in [0, 0.1) is 11.7 Å². The molecule has 1 aromatic carbocycles. The molecule has 4 heteroatoms. The number of hydrogen-bond acceptors (Lipinski definition) is 2.